The minimum atomic E-state index is 0.101. The van der Waals surface area contributed by atoms with Crippen molar-refractivity contribution in [3.63, 3.8) is 0 Å². The summed E-state index contributed by atoms with van der Waals surface area (Å²) < 4.78 is 0. The number of allylic oxidation sites excluding steroid dienone is 2. The molecule has 1 fully saturated rings. The normalized spacial score (nSPS) is 34.8. The highest BCUT2D eigenvalue weighted by Gasteiger charge is 2.55. The van der Waals surface area contributed by atoms with Crippen LogP contribution < -0.4 is 0 Å². The minimum Gasteiger partial charge on any atom is -0.294 e. The van der Waals surface area contributed by atoms with Crippen molar-refractivity contribution in [3.8, 4) is 0 Å². The number of hydrogen-bond acceptors (Lipinski definition) is 1. The minimum absolute atomic E-state index is 0.101. The van der Waals surface area contributed by atoms with Crippen LogP contribution in [0.15, 0.2) is 11.6 Å². The zero-order valence-electron chi connectivity index (χ0n) is 6.48. The van der Waals surface area contributed by atoms with E-state index in [4.69, 9.17) is 0 Å². The third-order valence-corrected chi connectivity index (χ3v) is 3.15. The van der Waals surface area contributed by atoms with Gasteiger partial charge in [-0.25, -0.2) is 0 Å². The van der Waals surface area contributed by atoms with Gasteiger partial charge in [-0.2, -0.15) is 0 Å². The highest BCUT2D eigenvalue weighted by molar-refractivity contribution is 6.00. The summed E-state index contributed by atoms with van der Waals surface area (Å²) in [4.78, 5) is 11.3. The lowest BCUT2D eigenvalue weighted by atomic mass is 9.90. The smallest absolute Gasteiger partial charge is 0.162 e. The Balaban J connectivity index is 2.37. The summed E-state index contributed by atoms with van der Waals surface area (Å²) >= 11 is 0. The fourth-order valence-corrected chi connectivity index (χ4v) is 1.94. The van der Waals surface area contributed by atoms with E-state index in [1.165, 1.54) is 5.57 Å². The molecule has 0 amide bonds. The molecule has 1 unspecified atom stereocenters. The second kappa shape index (κ2) is 1.52. The lowest BCUT2D eigenvalue weighted by Crippen LogP contribution is -2.14. The van der Waals surface area contributed by atoms with E-state index in [0.717, 1.165) is 12.8 Å². The molecule has 2 aliphatic rings. The summed E-state index contributed by atoms with van der Waals surface area (Å²) in [6, 6.07) is 0. The summed E-state index contributed by atoms with van der Waals surface area (Å²) in [6.45, 7) is 4.24. The quantitative estimate of drug-likeness (QED) is 0.497. The average Bonchev–Trinajstić information content (AvgIpc) is 2.61. The van der Waals surface area contributed by atoms with Crippen molar-refractivity contribution in [3.05, 3.63) is 11.6 Å². The zero-order valence-corrected chi connectivity index (χ0v) is 6.48. The van der Waals surface area contributed by atoms with Gasteiger partial charge in [0.1, 0.15) is 0 Å². The van der Waals surface area contributed by atoms with Gasteiger partial charge in [-0.1, -0.05) is 12.5 Å². The van der Waals surface area contributed by atoms with E-state index in [0.29, 0.717) is 11.7 Å². The molecule has 0 aromatic heterocycles. The van der Waals surface area contributed by atoms with Crippen LogP contribution in [0.25, 0.3) is 0 Å². The summed E-state index contributed by atoms with van der Waals surface area (Å²) in [5.41, 5.74) is 1.38. The SMILES string of the molecule is CC1=CC(=O)C2(CC2)C1C. The monoisotopic (exact) mass is 136 g/mol. The average molecular weight is 136 g/mol. The Morgan fingerprint density at radius 3 is 2.40 bits per heavy atom. The summed E-state index contributed by atoms with van der Waals surface area (Å²) in [7, 11) is 0. The Hall–Kier alpha value is -0.590. The number of carbonyl (C=O) groups is 1. The maximum Gasteiger partial charge on any atom is 0.162 e. The van der Waals surface area contributed by atoms with Crippen LogP contribution in [0.5, 0.6) is 0 Å². The Labute approximate surface area is 61.1 Å². The van der Waals surface area contributed by atoms with Crippen molar-refractivity contribution < 1.29 is 4.79 Å². The van der Waals surface area contributed by atoms with E-state index >= 15 is 0 Å². The van der Waals surface area contributed by atoms with Gasteiger partial charge in [-0.15, -0.1) is 0 Å². The van der Waals surface area contributed by atoms with Crippen LogP contribution in [0, 0.1) is 11.3 Å². The van der Waals surface area contributed by atoms with Gasteiger partial charge in [-0.05, 0) is 31.8 Å². The van der Waals surface area contributed by atoms with Gasteiger partial charge in [0.05, 0.1) is 0 Å². The first kappa shape index (κ1) is 6.14. The second-order valence-electron chi connectivity index (χ2n) is 3.63. The van der Waals surface area contributed by atoms with Gasteiger partial charge >= 0.3 is 0 Å². The van der Waals surface area contributed by atoms with E-state index in [1.807, 2.05) is 6.08 Å². The van der Waals surface area contributed by atoms with Gasteiger partial charge < -0.3 is 0 Å². The molecule has 54 valence electrons. The number of hydrogen-bond donors (Lipinski definition) is 0. The molecular weight excluding hydrogens is 124 g/mol. The molecule has 10 heavy (non-hydrogen) atoms. The number of rotatable bonds is 0. The van der Waals surface area contributed by atoms with Crippen LogP contribution >= 0.6 is 0 Å². The second-order valence-corrected chi connectivity index (χ2v) is 3.63. The van der Waals surface area contributed by atoms with Crippen molar-refractivity contribution in [1.82, 2.24) is 0 Å². The van der Waals surface area contributed by atoms with Crippen molar-refractivity contribution in [2.24, 2.45) is 11.3 Å². The molecule has 0 aliphatic heterocycles. The Morgan fingerprint density at radius 1 is 1.60 bits per heavy atom. The molecule has 1 atom stereocenters. The molecule has 1 nitrogen and oxygen atoms in total. The molecule has 1 spiro atoms. The van der Waals surface area contributed by atoms with Gasteiger partial charge in [0.25, 0.3) is 0 Å². The predicted molar refractivity (Wildman–Crippen MR) is 39.6 cm³/mol. The molecule has 0 heterocycles. The van der Waals surface area contributed by atoms with Crippen molar-refractivity contribution in [2.45, 2.75) is 26.7 Å². The van der Waals surface area contributed by atoms with Crippen LogP contribution in [-0.2, 0) is 4.79 Å². The first-order valence-corrected chi connectivity index (χ1v) is 3.89. The molecule has 0 aromatic rings. The standard InChI is InChI=1S/C9H12O/c1-6-5-8(10)9(3-4-9)7(6)2/h5,7H,3-4H2,1-2H3. The summed E-state index contributed by atoms with van der Waals surface area (Å²) in [6.07, 6.45) is 4.08. The van der Waals surface area contributed by atoms with E-state index in [9.17, 15) is 4.79 Å². The topological polar surface area (TPSA) is 17.1 Å². The van der Waals surface area contributed by atoms with Crippen molar-refractivity contribution in [2.75, 3.05) is 0 Å². The predicted octanol–water partition coefficient (Wildman–Crippen LogP) is 1.93. The Kier molecular flexibility index (Phi) is 0.936. The lowest BCUT2D eigenvalue weighted by molar-refractivity contribution is -0.119. The van der Waals surface area contributed by atoms with Gasteiger partial charge in [0.15, 0.2) is 5.78 Å². The summed E-state index contributed by atoms with van der Waals surface area (Å²) in [5, 5.41) is 0. The van der Waals surface area contributed by atoms with Gasteiger partial charge in [0.2, 0.25) is 0 Å². The molecule has 0 aromatic carbocycles. The summed E-state index contributed by atoms with van der Waals surface area (Å²) in [5.74, 6) is 0.914. The first-order chi connectivity index (χ1) is 4.67. The zero-order chi connectivity index (χ0) is 7.35. The molecule has 1 heteroatoms. The number of carbonyl (C=O) groups excluding carboxylic acids is 1. The number of ketones is 1. The van der Waals surface area contributed by atoms with Crippen LogP contribution in [-0.4, -0.2) is 5.78 Å². The largest absolute Gasteiger partial charge is 0.294 e. The third-order valence-electron chi connectivity index (χ3n) is 3.15. The molecule has 0 radical (unpaired) electrons. The van der Waals surface area contributed by atoms with Crippen LogP contribution in [0.3, 0.4) is 0 Å². The fraction of sp³-hybridized carbons (Fsp3) is 0.667. The van der Waals surface area contributed by atoms with E-state index < -0.39 is 0 Å². The van der Waals surface area contributed by atoms with Crippen molar-refractivity contribution in [1.29, 1.82) is 0 Å². The lowest BCUT2D eigenvalue weighted by Gasteiger charge is -2.12. The molecular formula is C9H12O. The van der Waals surface area contributed by atoms with Crippen LogP contribution in [0.2, 0.25) is 0 Å². The molecule has 2 aliphatic carbocycles. The third kappa shape index (κ3) is 0.511. The fourth-order valence-electron chi connectivity index (χ4n) is 1.94. The molecule has 2 rings (SSSR count). The van der Waals surface area contributed by atoms with E-state index in [2.05, 4.69) is 13.8 Å². The molecule has 0 N–H and O–H groups in total. The van der Waals surface area contributed by atoms with Crippen molar-refractivity contribution >= 4 is 5.78 Å². The molecule has 0 bridgehead atoms. The Bertz CT molecular complexity index is 221. The highest BCUT2D eigenvalue weighted by atomic mass is 16.1. The van der Waals surface area contributed by atoms with Crippen LogP contribution in [0.4, 0.5) is 0 Å². The van der Waals surface area contributed by atoms with E-state index in [-0.39, 0.29) is 5.41 Å². The first-order valence-electron chi connectivity index (χ1n) is 3.89. The maximum atomic E-state index is 11.3. The Morgan fingerprint density at radius 2 is 2.20 bits per heavy atom. The molecule has 1 saturated carbocycles. The maximum absolute atomic E-state index is 11.3. The van der Waals surface area contributed by atoms with Gasteiger partial charge in [-0.3, -0.25) is 4.79 Å². The highest BCUT2D eigenvalue weighted by Crippen LogP contribution is 2.58. The van der Waals surface area contributed by atoms with E-state index in [1.54, 1.807) is 0 Å². The van der Waals surface area contributed by atoms with Crippen LogP contribution in [0.1, 0.15) is 26.7 Å². The van der Waals surface area contributed by atoms with Gasteiger partial charge in [0, 0.05) is 5.41 Å². The molecule has 0 saturated heterocycles.